The average Bonchev–Trinajstić information content (AvgIpc) is 2.53. The normalized spacial score (nSPS) is 11.8. The minimum absolute atomic E-state index is 0.127. The van der Waals surface area contributed by atoms with Crippen LogP contribution in [0.15, 0.2) is 48.5 Å². The van der Waals surface area contributed by atoms with Crippen molar-refractivity contribution in [1.29, 1.82) is 0 Å². The fraction of sp³-hybridized carbons (Fsp3) is 0.133. The Kier molecular flexibility index (Phi) is 4.83. The average molecular weight is 360 g/mol. The molecule has 0 spiro atoms. The lowest BCUT2D eigenvalue weighted by Crippen LogP contribution is -2.28. The molecule has 0 atom stereocenters. The third kappa shape index (κ3) is 3.67. The third-order valence-electron chi connectivity index (χ3n) is 2.99. The van der Waals surface area contributed by atoms with E-state index in [0.717, 1.165) is 6.07 Å². The Bertz CT molecular complexity index is 842. The zero-order valence-electron chi connectivity index (χ0n) is 12.2. The van der Waals surface area contributed by atoms with Gasteiger partial charge in [0.15, 0.2) is 5.75 Å². The summed E-state index contributed by atoms with van der Waals surface area (Å²) >= 11 is 0. The summed E-state index contributed by atoms with van der Waals surface area (Å²) in [5.74, 6) is -1.05. The largest absolute Gasteiger partial charge is 0.534 e. The lowest BCUT2D eigenvalue weighted by molar-refractivity contribution is -0.0499. The lowest BCUT2D eigenvalue weighted by Gasteiger charge is -2.13. The van der Waals surface area contributed by atoms with E-state index < -0.39 is 27.3 Å². The molecule has 0 amide bonds. The number of hydrogen-bond donors (Lipinski definition) is 0. The number of carbonyl (C=O) groups excluding carboxylic acids is 1. The summed E-state index contributed by atoms with van der Waals surface area (Å²) in [7, 11) is -4.57. The number of esters is 1. The number of halogens is 3. The molecule has 0 N–H and O–H groups in total. The van der Waals surface area contributed by atoms with Gasteiger partial charge in [-0.3, -0.25) is 0 Å². The number of carbonyl (C=O) groups is 1. The second kappa shape index (κ2) is 6.52. The van der Waals surface area contributed by atoms with Crippen molar-refractivity contribution in [3.05, 3.63) is 54.1 Å². The first kappa shape index (κ1) is 17.8. The molecule has 0 unspecified atom stereocenters. The van der Waals surface area contributed by atoms with Crippen molar-refractivity contribution in [2.45, 2.75) is 5.51 Å². The Balaban J connectivity index is 2.41. The molecular formula is C15H11F3O5S. The summed E-state index contributed by atoms with van der Waals surface area (Å²) in [4.78, 5) is 11.4. The van der Waals surface area contributed by atoms with Gasteiger partial charge in [-0.1, -0.05) is 30.3 Å². The van der Waals surface area contributed by atoms with Gasteiger partial charge in [0.25, 0.3) is 0 Å². The molecule has 0 bridgehead atoms. The second-order valence-corrected chi connectivity index (χ2v) is 6.09. The van der Waals surface area contributed by atoms with Crippen molar-refractivity contribution in [3.63, 3.8) is 0 Å². The highest BCUT2D eigenvalue weighted by molar-refractivity contribution is 7.88. The highest BCUT2D eigenvalue weighted by atomic mass is 32.2. The summed E-state index contributed by atoms with van der Waals surface area (Å²) in [6.07, 6.45) is 0. The van der Waals surface area contributed by atoms with Crippen LogP contribution in [0.1, 0.15) is 10.4 Å². The van der Waals surface area contributed by atoms with Crippen LogP contribution in [0.5, 0.6) is 5.75 Å². The van der Waals surface area contributed by atoms with Crippen LogP contribution in [-0.2, 0) is 14.9 Å². The maximum absolute atomic E-state index is 12.5. The summed E-state index contributed by atoms with van der Waals surface area (Å²) in [6, 6.07) is 11.0. The van der Waals surface area contributed by atoms with Crippen LogP contribution in [0.2, 0.25) is 0 Å². The van der Waals surface area contributed by atoms with Crippen molar-refractivity contribution < 1.29 is 35.3 Å². The fourth-order valence-corrected chi connectivity index (χ4v) is 2.32. The second-order valence-electron chi connectivity index (χ2n) is 4.55. The number of benzene rings is 2. The Morgan fingerprint density at radius 1 is 1.00 bits per heavy atom. The number of methoxy groups -OCH3 is 1. The van der Waals surface area contributed by atoms with Crippen molar-refractivity contribution in [3.8, 4) is 16.9 Å². The highest BCUT2D eigenvalue weighted by Gasteiger charge is 2.48. The molecule has 0 aliphatic heterocycles. The molecule has 0 aliphatic carbocycles. The predicted octanol–water partition coefficient (Wildman–Crippen LogP) is 3.37. The van der Waals surface area contributed by atoms with Crippen LogP contribution in [0.3, 0.4) is 0 Å². The van der Waals surface area contributed by atoms with Gasteiger partial charge in [-0.2, -0.15) is 21.6 Å². The standard InChI is InChI=1S/C15H11F3O5S/c1-22-14(19)11-8-6-10(7-9-11)12-4-2-3-5-13(12)23-24(20,21)15(16,17)18/h2-9H,1H3. The monoisotopic (exact) mass is 360 g/mol. The number of alkyl halides is 3. The molecule has 0 saturated heterocycles. The molecule has 0 aliphatic rings. The maximum Gasteiger partial charge on any atom is 0.534 e. The zero-order valence-corrected chi connectivity index (χ0v) is 13.0. The first-order valence-corrected chi connectivity index (χ1v) is 7.85. The Morgan fingerprint density at radius 2 is 1.58 bits per heavy atom. The first-order valence-electron chi connectivity index (χ1n) is 6.44. The van der Waals surface area contributed by atoms with Crippen LogP contribution < -0.4 is 4.18 Å². The van der Waals surface area contributed by atoms with Gasteiger partial charge < -0.3 is 8.92 Å². The maximum atomic E-state index is 12.5. The van der Waals surface area contributed by atoms with Crippen LogP contribution in [0.4, 0.5) is 13.2 Å². The molecule has 5 nitrogen and oxygen atoms in total. The Labute approximate surface area is 135 Å². The quantitative estimate of drug-likeness (QED) is 0.475. The van der Waals surface area contributed by atoms with Gasteiger partial charge in [0.2, 0.25) is 0 Å². The van der Waals surface area contributed by atoms with E-state index in [9.17, 15) is 26.4 Å². The van der Waals surface area contributed by atoms with Crippen LogP contribution in [0, 0.1) is 0 Å². The minimum Gasteiger partial charge on any atom is -0.465 e. The summed E-state index contributed by atoms with van der Waals surface area (Å²) in [5, 5.41) is 0. The van der Waals surface area contributed by atoms with E-state index in [1.807, 2.05) is 0 Å². The third-order valence-corrected chi connectivity index (χ3v) is 3.95. The SMILES string of the molecule is COC(=O)c1ccc(-c2ccccc2OS(=O)(=O)C(F)(F)F)cc1. The molecule has 2 aromatic carbocycles. The van der Waals surface area contributed by atoms with E-state index in [4.69, 9.17) is 0 Å². The molecule has 24 heavy (non-hydrogen) atoms. The highest BCUT2D eigenvalue weighted by Crippen LogP contribution is 2.34. The number of rotatable bonds is 4. The van der Waals surface area contributed by atoms with Gasteiger partial charge in [0.1, 0.15) is 0 Å². The lowest BCUT2D eigenvalue weighted by atomic mass is 10.0. The fourth-order valence-electron chi connectivity index (χ4n) is 1.85. The van der Waals surface area contributed by atoms with Crippen LogP contribution >= 0.6 is 0 Å². The van der Waals surface area contributed by atoms with Crippen LogP contribution in [0.25, 0.3) is 11.1 Å². The summed E-state index contributed by atoms with van der Waals surface area (Å²) in [6.45, 7) is 0. The molecule has 0 radical (unpaired) electrons. The molecule has 2 rings (SSSR count). The first-order chi connectivity index (χ1) is 11.2. The Morgan fingerprint density at radius 3 is 2.12 bits per heavy atom. The van der Waals surface area contributed by atoms with Gasteiger partial charge in [-0.15, -0.1) is 0 Å². The van der Waals surface area contributed by atoms with Gasteiger partial charge >= 0.3 is 21.6 Å². The number of ether oxygens (including phenoxy) is 1. The molecule has 2 aromatic rings. The van der Waals surface area contributed by atoms with Crippen molar-refractivity contribution >= 4 is 16.1 Å². The number of hydrogen-bond acceptors (Lipinski definition) is 5. The van der Waals surface area contributed by atoms with Gasteiger partial charge in [-0.25, -0.2) is 4.79 Å². The van der Waals surface area contributed by atoms with E-state index >= 15 is 0 Å². The molecule has 0 heterocycles. The van der Waals surface area contributed by atoms with Gasteiger partial charge in [0.05, 0.1) is 12.7 Å². The van der Waals surface area contributed by atoms with E-state index in [1.165, 1.54) is 49.6 Å². The molecule has 0 fully saturated rings. The minimum atomic E-state index is -5.78. The predicted molar refractivity (Wildman–Crippen MR) is 78.8 cm³/mol. The molecular weight excluding hydrogens is 349 g/mol. The molecule has 128 valence electrons. The molecule has 0 aromatic heterocycles. The van der Waals surface area contributed by atoms with Crippen molar-refractivity contribution in [2.24, 2.45) is 0 Å². The molecule has 9 heteroatoms. The van der Waals surface area contributed by atoms with Crippen molar-refractivity contribution in [2.75, 3.05) is 7.11 Å². The van der Waals surface area contributed by atoms with Gasteiger partial charge in [-0.05, 0) is 23.8 Å². The molecule has 0 saturated carbocycles. The number of para-hydroxylation sites is 1. The van der Waals surface area contributed by atoms with E-state index in [-0.39, 0.29) is 11.1 Å². The zero-order chi connectivity index (χ0) is 18.0. The Hall–Kier alpha value is -2.55. The summed E-state index contributed by atoms with van der Waals surface area (Å²) < 4.78 is 68.5. The van der Waals surface area contributed by atoms with E-state index in [0.29, 0.717) is 5.56 Å². The van der Waals surface area contributed by atoms with Crippen molar-refractivity contribution in [1.82, 2.24) is 0 Å². The topological polar surface area (TPSA) is 69.7 Å². The smallest absolute Gasteiger partial charge is 0.465 e. The summed E-state index contributed by atoms with van der Waals surface area (Å²) in [5.41, 5.74) is -4.80. The van der Waals surface area contributed by atoms with E-state index in [1.54, 1.807) is 0 Å². The van der Waals surface area contributed by atoms with E-state index in [2.05, 4.69) is 8.92 Å². The van der Waals surface area contributed by atoms with Crippen LogP contribution in [-0.4, -0.2) is 27.0 Å². The van der Waals surface area contributed by atoms with Gasteiger partial charge in [0, 0.05) is 5.56 Å².